The second-order valence-corrected chi connectivity index (χ2v) is 10.00. The average molecular weight is 435 g/mol. The molecule has 3 aliphatic rings. The molecular weight excluding hydrogens is 400 g/mol. The molecule has 1 aromatic heterocycles. The number of fused-ring (bicyclic) bond motifs is 2. The van der Waals surface area contributed by atoms with Gasteiger partial charge >= 0.3 is 12.1 Å². The molecular formula is C22H34N4O5. The van der Waals surface area contributed by atoms with E-state index in [-0.39, 0.29) is 23.7 Å². The molecule has 1 aromatic rings. The molecule has 2 atom stereocenters. The van der Waals surface area contributed by atoms with Crippen LogP contribution in [0.3, 0.4) is 0 Å². The van der Waals surface area contributed by atoms with Crippen molar-refractivity contribution in [3.8, 4) is 0 Å². The first-order chi connectivity index (χ1) is 14.7. The third-order valence-corrected chi connectivity index (χ3v) is 6.10. The first-order valence-corrected chi connectivity index (χ1v) is 11.4. The number of alkyl carbamates (subject to hydrolysis) is 1. The van der Waals surface area contributed by atoms with Gasteiger partial charge in [-0.1, -0.05) is 18.5 Å². The van der Waals surface area contributed by atoms with Crippen molar-refractivity contribution >= 4 is 12.1 Å². The number of unbranched alkanes of at least 4 members (excludes halogenated alkanes) is 1. The van der Waals surface area contributed by atoms with Gasteiger partial charge in [-0.2, -0.15) is 5.06 Å². The van der Waals surface area contributed by atoms with E-state index in [0.717, 1.165) is 44.2 Å². The third kappa shape index (κ3) is 4.97. The minimum Gasteiger partial charge on any atom is -0.444 e. The highest BCUT2D eigenvalue weighted by atomic mass is 16.7. The summed E-state index contributed by atoms with van der Waals surface area (Å²) in [6, 6.07) is 1.85. The van der Waals surface area contributed by atoms with Gasteiger partial charge in [0.2, 0.25) is 0 Å². The maximum atomic E-state index is 12.9. The number of nitrogens with one attached hydrogen (secondary N) is 1. The lowest BCUT2D eigenvalue weighted by molar-refractivity contribution is -0.130. The van der Waals surface area contributed by atoms with Gasteiger partial charge in [0.15, 0.2) is 0 Å². The van der Waals surface area contributed by atoms with E-state index in [1.807, 2.05) is 31.7 Å². The number of urea groups is 1. The number of carbonyl (C=O) groups excluding carboxylic acids is 2. The standard InChI is InChI=1S/C22H34N4O5/c1-5-6-11-29-26-15-7-8-18(25(14-15)20(26)28)17-12-16(31-24-17)13-22(9-10-22)23-19(27)30-21(2,3)4/h12,15,18H,5-11,13-14H2,1-4H3,(H,23,27)/t15-,18-/m0/s1. The minimum atomic E-state index is -0.533. The summed E-state index contributed by atoms with van der Waals surface area (Å²) in [6.45, 7) is 8.86. The van der Waals surface area contributed by atoms with Gasteiger partial charge in [-0.25, -0.2) is 9.59 Å². The molecule has 2 aliphatic heterocycles. The van der Waals surface area contributed by atoms with Crippen LogP contribution in [0.5, 0.6) is 0 Å². The van der Waals surface area contributed by atoms with Crippen LogP contribution in [0.1, 0.15) is 83.7 Å². The van der Waals surface area contributed by atoms with E-state index in [9.17, 15) is 9.59 Å². The predicted molar refractivity (Wildman–Crippen MR) is 112 cm³/mol. The number of nitrogens with zero attached hydrogens (tertiary/aromatic N) is 3. The number of piperidine rings is 1. The summed E-state index contributed by atoms with van der Waals surface area (Å²) < 4.78 is 11.0. The lowest BCUT2D eigenvalue weighted by Gasteiger charge is -2.28. The Kier molecular flexibility index (Phi) is 5.89. The summed E-state index contributed by atoms with van der Waals surface area (Å²) in [5, 5.41) is 8.81. The topological polar surface area (TPSA) is 97.1 Å². The zero-order valence-electron chi connectivity index (χ0n) is 19.0. The molecule has 0 radical (unpaired) electrons. The Balaban J connectivity index is 1.36. The third-order valence-electron chi connectivity index (χ3n) is 6.10. The predicted octanol–water partition coefficient (Wildman–Crippen LogP) is 3.95. The van der Waals surface area contributed by atoms with Crippen molar-refractivity contribution in [2.75, 3.05) is 13.2 Å². The van der Waals surface area contributed by atoms with Gasteiger partial charge in [-0.05, 0) is 52.9 Å². The van der Waals surface area contributed by atoms with Crippen LogP contribution in [0.2, 0.25) is 0 Å². The van der Waals surface area contributed by atoms with Crippen molar-refractivity contribution < 1.29 is 23.7 Å². The first kappa shape index (κ1) is 21.9. The SMILES string of the molecule is CCCCON1C(=O)N2C[C@@H]1CC[C@H]2c1cc(CC2(NC(=O)OC(C)(C)C)CC2)on1. The fourth-order valence-electron chi connectivity index (χ4n) is 4.33. The van der Waals surface area contributed by atoms with Crippen molar-refractivity contribution in [2.45, 2.75) is 95.9 Å². The second-order valence-electron chi connectivity index (χ2n) is 10.00. The van der Waals surface area contributed by atoms with E-state index in [1.54, 1.807) is 5.06 Å². The molecule has 3 fully saturated rings. The zero-order chi connectivity index (χ0) is 22.2. The molecule has 2 bridgehead atoms. The first-order valence-electron chi connectivity index (χ1n) is 11.4. The Bertz CT molecular complexity index is 813. The summed E-state index contributed by atoms with van der Waals surface area (Å²) in [6.07, 6.45) is 5.59. The normalized spacial score (nSPS) is 24.5. The number of amides is 3. The quantitative estimate of drug-likeness (QED) is 0.622. The highest BCUT2D eigenvalue weighted by molar-refractivity contribution is 5.77. The number of rotatable bonds is 8. The molecule has 2 saturated heterocycles. The average Bonchev–Trinajstić information content (AvgIpc) is 3.18. The number of hydrogen-bond donors (Lipinski definition) is 1. The Morgan fingerprint density at radius 3 is 2.81 bits per heavy atom. The highest BCUT2D eigenvalue weighted by Gasteiger charge is 2.48. The maximum absolute atomic E-state index is 12.9. The smallest absolute Gasteiger partial charge is 0.408 e. The van der Waals surface area contributed by atoms with Crippen molar-refractivity contribution in [3.05, 3.63) is 17.5 Å². The van der Waals surface area contributed by atoms with Crippen molar-refractivity contribution in [1.29, 1.82) is 0 Å². The van der Waals surface area contributed by atoms with E-state index in [0.29, 0.717) is 25.3 Å². The van der Waals surface area contributed by atoms with E-state index in [4.69, 9.17) is 14.1 Å². The van der Waals surface area contributed by atoms with Crippen LogP contribution in [0.15, 0.2) is 10.6 Å². The summed E-state index contributed by atoms with van der Waals surface area (Å²) in [4.78, 5) is 32.6. The van der Waals surface area contributed by atoms with Crippen molar-refractivity contribution in [3.63, 3.8) is 0 Å². The summed E-state index contributed by atoms with van der Waals surface area (Å²) >= 11 is 0. The van der Waals surface area contributed by atoms with E-state index in [2.05, 4.69) is 17.4 Å². The number of hydrogen-bond acceptors (Lipinski definition) is 6. The van der Waals surface area contributed by atoms with Crippen molar-refractivity contribution in [2.24, 2.45) is 0 Å². The number of ether oxygens (including phenoxy) is 1. The lowest BCUT2D eigenvalue weighted by Crippen LogP contribution is -2.41. The van der Waals surface area contributed by atoms with E-state index >= 15 is 0 Å². The van der Waals surface area contributed by atoms with Gasteiger partial charge in [0.1, 0.15) is 17.1 Å². The number of carbonyl (C=O) groups is 2. The molecule has 1 N–H and O–H groups in total. The molecule has 31 heavy (non-hydrogen) atoms. The number of hydroxylamine groups is 2. The largest absolute Gasteiger partial charge is 0.444 e. The summed E-state index contributed by atoms with van der Waals surface area (Å²) in [5.74, 6) is 0.716. The molecule has 9 heteroatoms. The Hall–Kier alpha value is -2.29. The van der Waals surface area contributed by atoms with Crippen molar-refractivity contribution in [1.82, 2.24) is 20.4 Å². The molecule has 0 spiro atoms. The van der Waals surface area contributed by atoms with Gasteiger partial charge in [0.25, 0.3) is 0 Å². The Labute approximate surface area is 183 Å². The fraction of sp³-hybridized carbons (Fsp3) is 0.773. The van der Waals surface area contributed by atoms with E-state index in [1.165, 1.54) is 0 Å². The van der Waals surface area contributed by atoms with Gasteiger partial charge < -0.3 is 19.5 Å². The van der Waals surface area contributed by atoms with Crippen LogP contribution in [0.25, 0.3) is 0 Å². The summed E-state index contributed by atoms with van der Waals surface area (Å²) in [5.41, 5.74) is -0.0933. The monoisotopic (exact) mass is 434 g/mol. The van der Waals surface area contributed by atoms with Crippen LogP contribution in [-0.4, -0.2) is 57.6 Å². The van der Waals surface area contributed by atoms with Gasteiger partial charge in [0, 0.05) is 19.0 Å². The van der Waals surface area contributed by atoms with Crippen LogP contribution in [-0.2, 0) is 16.0 Å². The Morgan fingerprint density at radius 1 is 1.35 bits per heavy atom. The molecule has 1 aliphatic carbocycles. The van der Waals surface area contributed by atoms with E-state index < -0.39 is 11.7 Å². The van der Waals surface area contributed by atoms with Gasteiger partial charge in [-0.3, -0.25) is 4.84 Å². The van der Waals surface area contributed by atoms with Crippen LogP contribution in [0, 0.1) is 0 Å². The molecule has 172 valence electrons. The van der Waals surface area contributed by atoms with Crippen LogP contribution >= 0.6 is 0 Å². The Morgan fingerprint density at radius 2 is 2.13 bits per heavy atom. The molecule has 3 heterocycles. The maximum Gasteiger partial charge on any atom is 0.408 e. The lowest BCUT2D eigenvalue weighted by atomic mass is 9.98. The molecule has 0 unspecified atom stereocenters. The summed E-state index contributed by atoms with van der Waals surface area (Å²) in [7, 11) is 0. The number of aromatic nitrogens is 1. The molecule has 4 rings (SSSR count). The molecule has 0 aromatic carbocycles. The highest BCUT2D eigenvalue weighted by Crippen LogP contribution is 2.41. The van der Waals surface area contributed by atoms with Gasteiger partial charge in [-0.15, -0.1) is 0 Å². The second kappa shape index (κ2) is 8.33. The zero-order valence-corrected chi connectivity index (χ0v) is 19.0. The fourth-order valence-corrected chi connectivity index (χ4v) is 4.33. The molecule has 9 nitrogen and oxygen atoms in total. The van der Waals surface area contributed by atoms with Crippen LogP contribution in [0.4, 0.5) is 9.59 Å². The van der Waals surface area contributed by atoms with Crippen LogP contribution < -0.4 is 5.32 Å². The van der Waals surface area contributed by atoms with Gasteiger partial charge in [0.05, 0.1) is 24.2 Å². The minimum absolute atomic E-state index is 0.0848. The molecule has 1 saturated carbocycles. The molecule has 3 amide bonds.